The number of hydrogen-bond acceptors (Lipinski definition) is 6. The summed E-state index contributed by atoms with van der Waals surface area (Å²) in [6.45, 7) is 1.55. The predicted octanol–water partition coefficient (Wildman–Crippen LogP) is 0.466. The maximum Gasteiger partial charge on any atom is 0.233 e. The van der Waals surface area contributed by atoms with Crippen LogP contribution in [0.1, 0.15) is 13.3 Å². The number of nitrogens with zero attached hydrogens (tertiary/aromatic N) is 2. The van der Waals surface area contributed by atoms with Gasteiger partial charge in [-0.15, -0.1) is 0 Å². The molecule has 1 aliphatic rings. The highest BCUT2D eigenvalue weighted by Crippen LogP contribution is 2.23. The molecule has 1 aromatic rings. The lowest BCUT2D eigenvalue weighted by Crippen LogP contribution is -2.32. The molecule has 0 bridgehead atoms. The van der Waals surface area contributed by atoms with Crippen LogP contribution in [0.4, 0.5) is 11.5 Å². The smallest absolute Gasteiger partial charge is 0.233 e. The molecular weight excluding hydrogens is 314 g/mol. The normalized spacial score (nSPS) is 21.1. The lowest BCUT2D eigenvalue weighted by Gasteiger charge is -2.25. The Morgan fingerprint density at radius 1 is 1.43 bits per heavy atom. The minimum absolute atomic E-state index is 0.0176. The summed E-state index contributed by atoms with van der Waals surface area (Å²) in [4.78, 5) is 5.93. The van der Waals surface area contributed by atoms with Crippen LogP contribution in [-0.2, 0) is 19.9 Å². The summed E-state index contributed by atoms with van der Waals surface area (Å²) in [7, 11) is -4.46. The summed E-state index contributed by atoms with van der Waals surface area (Å²) in [5.74, 6) is 0.599. The Hall–Kier alpha value is -1.35. The van der Waals surface area contributed by atoms with Crippen molar-refractivity contribution in [1.29, 1.82) is 0 Å². The van der Waals surface area contributed by atoms with Crippen LogP contribution in [0.5, 0.6) is 0 Å². The fourth-order valence-electron chi connectivity index (χ4n) is 2.18. The quantitative estimate of drug-likeness (QED) is 0.841. The van der Waals surface area contributed by atoms with Crippen LogP contribution in [0.25, 0.3) is 0 Å². The molecule has 1 atom stereocenters. The molecule has 0 aliphatic carbocycles. The molecule has 0 aromatic carbocycles. The Balaban J connectivity index is 2.09. The van der Waals surface area contributed by atoms with E-state index in [1.807, 2.05) is 11.9 Å². The second-order valence-corrected chi connectivity index (χ2v) is 9.31. The van der Waals surface area contributed by atoms with Gasteiger partial charge in [-0.2, -0.15) is 0 Å². The maximum atomic E-state index is 11.5. The van der Waals surface area contributed by atoms with Crippen molar-refractivity contribution in [2.45, 2.75) is 19.4 Å². The molecule has 1 aliphatic heterocycles. The lowest BCUT2D eigenvalue weighted by atomic mass is 10.2. The van der Waals surface area contributed by atoms with E-state index in [2.05, 4.69) is 9.71 Å². The Bertz CT molecular complexity index is 699. The standard InChI is InChI=1S/C12H19N3O4S2/c1-3-21(18,19)14-12-5-4-10(8-13-12)15(2)11-6-7-20(16,17)9-11/h4-5,8,11H,3,6-7,9H2,1-2H3,(H,13,14). The number of pyridine rings is 1. The molecule has 9 heteroatoms. The average molecular weight is 333 g/mol. The van der Waals surface area contributed by atoms with E-state index in [9.17, 15) is 16.8 Å². The van der Waals surface area contributed by atoms with Crippen LogP contribution in [-0.4, -0.2) is 52.2 Å². The SMILES string of the molecule is CCS(=O)(=O)Nc1ccc(N(C)C2CCS(=O)(=O)C2)cn1. The van der Waals surface area contributed by atoms with Gasteiger partial charge in [-0.3, -0.25) is 4.72 Å². The van der Waals surface area contributed by atoms with Crippen molar-refractivity contribution in [2.75, 3.05) is 33.9 Å². The van der Waals surface area contributed by atoms with Gasteiger partial charge in [-0.25, -0.2) is 21.8 Å². The molecule has 118 valence electrons. The second kappa shape index (κ2) is 5.80. The molecule has 7 nitrogen and oxygen atoms in total. The van der Waals surface area contributed by atoms with E-state index in [1.165, 1.54) is 0 Å². The molecule has 1 N–H and O–H groups in total. The highest BCUT2D eigenvalue weighted by molar-refractivity contribution is 7.92. The number of hydrogen-bond donors (Lipinski definition) is 1. The van der Waals surface area contributed by atoms with E-state index in [1.54, 1.807) is 25.3 Å². The van der Waals surface area contributed by atoms with E-state index in [0.717, 1.165) is 5.69 Å². The van der Waals surface area contributed by atoms with E-state index in [4.69, 9.17) is 0 Å². The number of sulfone groups is 1. The fourth-order valence-corrected chi connectivity index (χ4v) is 4.54. The topological polar surface area (TPSA) is 96.4 Å². The molecule has 0 amide bonds. The zero-order chi connectivity index (χ0) is 15.7. The van der Waals surface area contributed by atoms with Crippen molar-refractivity contribution in [3.05, 3.63) is 18.3 Å². The summed E-state index contributed by atoms with van der Waals surface area (Å²) in [5, 5.41) is 0. The van der Waals surface area contributed by atoms with Gasteiger partial charge in [0, 0.05) is 13.1 Å². The molecule has 2 heterocycles. The van der Waals surface area contributed by atoms with Crippen LogP contribution in [0.2, 0.25) is 0 Å². The molecule has 0 spiro atoms. The molecular formula is C12H19N3O4S2. The number of rotatable bonds is 5. The zero-order valence-electron chi connectivity index (χ0n) is 12.0. The third kappa shape index (κ3) is 4.07. The highest BCUT2D eigenvalue weighted by Gasteiger charge is 2.30. The number of aromatic nitrogens is 1. The summed E-state index contributed by atoms with van der Waals surface area (Å²) in [6.07, 6.45) is 2.14. The fraction of sp³-hybridized carbons (Fsp3) is 0.583. The molecule has 0 radical (unpaired) electrons. The van der Waals surface area contributed by atoms with Gasteiger partial charge >= 0.3 is 0 Å². The molecule has 1 unspecified atom stereocenters. The van der Waals surface area contributed by atoms with Crippen molar-refractivity contribution in [3.63, 3.8) is 0 Å². The lowest BCUT2D eigenvalue weighted by molar-refractivity contribution is 0.599. The summed E-state index contributed by atoms with van der Waals surface area (Å²) in [5.41, 5.74) is 0.761. The van der Waals surface area contributed by atoms with Crippen molar-refractivity contribution in [1.82, 2.24) is 4.98 Å². The maximum absolute atomic E-state index is 11.5. The molecule has 0 saturated carbocycles. The van der Waals surface area contributed by atoms with Crippen LogP contribution >= 0.6 is 0 Å². The van der Waals surface area contributed by atoms with E-state index in [0.29, 0.717) is 6.42 Å². The van der Waals surface area contributed by atoms with Crippen LogP contribution in [0.3, 0.4) is 0 Å². The average Bonchev–Trinajstić information content (AvgIpc) is 2.79. The van der Waals surface area contributed by atoms with Gasteiger partial charge < -0.3 is 4.90 Å². The van der Waals surface area contributed by atoms with Crippen LogP contribution in [0, 0.1) is 0 Å². The van der Waals surface area contributed by atoms with Crippen molar-refractivity contribution in [3.8, 4) is 0 Å². The van der Waals surface area contributed by atoms with Gasteiger partial charge in [-0.1, -0.05) is 0 Å². The van der Waals surface area contributed by atoms with Gasteiger partial charge in [0.25, 0.3) is 0 Å². The molecule has 1 saturated heterocycles. The van der Waals surface area contributed by atoms with Gasteiger partial charge in [0.05, 0.1) is 29.1 Å². The van der Waals surface area contributed by atoms with Crippen molar-refractivity contribution < 1.29 is 16.8 Å². The summed E-state index contributed by atoms with van der Waals surface area (Å²) < 4.78 is 48.2. The largest absolute Gasteiger partial charge is 0.369 e. The minimum atomic E-state index is -3.34. The van der Waals surface area contributed by atoms with E-state index < -0.39 is 19.9 Å². The minimum Gasteiger partial charge on any atom is -0.369 e. The molecule has 2 rings (SSSR count). The second-order valence-electron chi connectivity index (χ2n) is 5.07. The van der Waals surface area contributed by atoms with E-state index in [-0.39, 0.29) is 29.1 Å². The third-order valence-corrected chi connectivity index (χ3v) is 6.58. The Morgan fingerprint density at radius 3 is 2.62 bits per heavy atom. The first-order valence-corrected chi connectivity index (χ1v) is 10.1. The Morgan fingerprint density at radius 2 is 2.14 bits per heavy atom. The number of sulfonamides is 1. The first-order chi connectivity index (χ1) is 9.72. The van der Waals surface area contributed by atoms with Crippen molar-refractivity contribution >= 4 is 31.4 Å². The Labute approximate surface area is 125 Å². The molecule has 1 aromatic heterocycles. The van der Waals surface area contributed by atoms with Gasteiger partial charge in [0.15, 0.2) is 9.84 Å². The monoisotopic (exact) mass is 333 g/mol. The van der Waals surface area contributed by atoms with Crippen LogP contribution in [0.15, 0.2) is 18.3 Å². The highest BCUT2D eigenvalue weighted by atomic mass is 32.2. The molecule has 21 heavy (non-hydrogen) atoms. The van der Waals surface area contributed by atoms with Gasteiger partial charge in [0.1, 0.15) is 5.82 Å². The first kappa shape index (κ1) is 16.0. The van der Waals surface area contributed by atoms with Crippen molar-refractivity contribution in [2.24, 2.45) is 0 Å². The summed E-state index contributed by atoms with van der Waals surface area (Å²) in [6, 6.07) is 3.24. The number of nitrogens with one attached hydrogen (secondary N) is 1. The number of anilines is 2. The van der Waals surface area contributed by atoms with Gasteiger partial charge in [0.2, 0.25) is 10.0 Å². The predicted molar refractivity (Wildman–Crippen MR) is 82.8 cm³/mol. The third-order valence-electron chi connectivity index (χ3n) is 3.55. The zero-order valence-corrected chi connectivity index (χ0v) is 13.6. The van der Waals surface area contributed by atoms with Gasteiger partial charge in [-0.05, 0) is 25.5 Å². The molecule has 1 fully saturated rings. The first-order valence-electron chi connectivity index (χ1n) is 6.62. The van der Waals surface area contributed by atoms with Crippen LogP contribution < -0.4 is 9.62 Å². The summed E-state index contributed by atoms with van der Waals surface area (Å²) >= 11 is 0. The van der Waals surface area contributed by atoms with E-state index >= 15 is 0 Å². The Kier molecular flexibility index (Phi) is 4.43.